The fourth-order valence-corrected chi connectivity index (χ4v) is 1.77. The van der Waals surface area contributed by atoms with Gasteiger partial charge in [-0.1, -0.05) is 6.07 Å². The molecule has 1 aromatic rings. The Balaban J connectivity index is 2.50. The van der Waals surface area contributed by atoms with Gasteiger partial charge in [0, 0.05) is 25.6 Å². The van der Waals surface area contributed by atoms with Gasteiger partial charge in [0.05, 0.1) is 5.56 Å². The summed E-state index contributed by atoms with van der Waals surface area (Å²) in [6, 6.07) is 4.41. The van der Waals surface area contributed by atoms with Crippen LogP contribution >= 0.6 is 0 Å². The zero-order valence-corrected chi connectivity index (χ0v) is 10.7. The first kappa shape index (κ1) is 14.3. The van der Waals surface area contributed by atoms with E-state index in [1.807, 2.05) is 13.8 Å². The molecule has 0 aliphatic heterocycles. The van der Waals surface area contributed by atoms with Crippen molar-refractivity contribution in [3.63, 3.8) is 0 Å². The Morgan fingerprint density at radius 3 is 2.50 bits per heavy atom. The lowest BCUT2D eigenvalue weighted by molar-refractivity contribution is -0.120. The molecule has 5 heteroatoms. The van der Waals surface area contributed by atoms with Crippen LogP contribution in [0.2, 0.25) is 0 Å². The Labute approximate surface area is 107 Å². The van der Waals surface area contributed by atoms with Crippen molar-refractivity contribution in [1.29, 1.82) is 0 Å². The van der Waals surface area contributed by atoms with Crippen LogP contribution in [-0.4, -0.2) is 29.2 Å². The van der Waals surface area contributed by atoms with E-state index in [9.17, 15) is 15.0 Å². The number of hydrogen-bond donors (Lipinski definition) is 4. The molecule has 1 rings (SSSR count). The van der Waals surface area contributed by atoms with Crippen molar-refractivity contribution in [2.75, 3.05) is 13.1 Å². The third kappa shape index (κ3) is 3.92. The summed E-state index contributed by atoms with van der Waals surface area (Å²) in [7, 11) is 0. The smallest absolute Gasteiger partial charge is 0.221 e. The number of aromatic hydroxyl groups is 2. The summed E-state index contributed by atoms with van der Waals surface area (Å²) in [5.41, 5.74) is 0.452. The molecule has 0 spiro atoms. The third-order valence-electron chi connectivity index (χ3n) is 2.67. The monoisotopic (exact) mass is 252 g/mol. The molecule has 0 aliphatic rings. The quantitative estimate of drug-likeness (QED) is 0.614. The number of carbonyl (C=O) groups is 1. The normalized spacial score (nSPS) is 12.1. The molecule has 0 aliphatic carbocycles. The lowest BCUT2D eigenvalue weighted by Crippen LogP contribution is -2.28. The Hall–Kier alpha value is -1.75. The molecule has 4 N–H and O–H groups in total. The first-order valence-electron chi connectivity index (χ1n) is 6.07. The maximum Gasteiger partial charge on any atom is 0.221 e. The van der Waals surface area contributed by atoms with E-state index in [0.717, 1.165) is 0 Å². The van der Waals surface area contributed by atoms with E-state index in [-0.39, 0.29) is 23.4 Å². The van der Waals surface area contributed by atoms with Crippen LogP contribution in [0.15, 0.2) is 18.2 Å². The van der Waals surface area contributed by atoms with Gasteiger partial charge in [0.15, 0.2) is 0 Å². The molecular formula is C13H20N2O3. The van der Waals surface area contributed by atoms with Crippen molar-refractivity contribution in [3.8, 4) is 11.5 Å². The summed E-state index contributed by atoms with van der Waals surface area (Å²) in [6.07, 6.45) is 0.368. The van der Waals surface area contributed by atoms with Crippen LogP contribution in [0.25, 0.3) is 0 Å². The number of nitrogens with one attached hydrogen (secondary N) is 2. The molecule has 0 saturated carbocycles. The highest BCUT2D eigenvalue weighted by molar-refractivity contribution is 5.75. The van der Waals surface area contributed by atoms with Crippen molar-refractivity contribution in [2.24, 2.45) is 0 Å². The first-order chi connectivity index (χ1) is 8.56. The molecule has 0 fully saturated rings. The van der Waals surface area contributed by atoms with Crippen molar-refractivity contribution in [3.05, 3.63) is 23.8 Å². The average molecular weight is 252 g/mol. The van der Waals surface area contributed by atoms with Crippen molar-refractivity contribution < 1.29 is 15.0 Å². The number of rotatable bonds is 6. The summed E-state index contributed by atoms with van der Waals surface area (Å²) in [4.78, 5) is 11.2. The van der Waals surface area contributed by atoms with E-state index >= 15 is 0 Å². The van der Waals surface area contributed by atoms with Crippen LogP contribution in [0, 0.1) is 0 Å². The van der Waals surface area contributed by atoms with Crippen LogP contribution < -0.4 is 10.6 Å². The highest BCUT2D eigenvalue weighted by Crippen LogP contribution is 2.31. The molecule has 1 unspecified atom stereocenters. The van der Waals surface area contributed by atoms with Gasteiger partial charge in [-0.15, -0.1) is 0 Å². The molecule has 5 nitrogen and oxygen atoms in total. The zero-order valence-electron chi connectivity index (χ0n) is 10.7. The van der Waals surface area contributed by atoms with Crippen LogP contribution in [0.4, 0.5) is 0 Å². The molecule has 0 bridgehead atoms. The lowest BCUT2D eigenvalue weighted by Gasteiger charge is -2.16. The Bertz CT molecular complexity index is 387. The van der Waals surface area contributed by atoms with E-state index < -0.39 is 0 Å². The van der Waals surface area contributed by atoms with Crippen LogP contribution in [0.5, 0.6) is 11.5 Å². The maximum absolute atomic E-state index is 11.2. The minimum atomic E-state index is -0.222. The van der Waals surface area contributed by atoms with E-state index in [2.05, 4.69) is 10.6 Å². The van der Waals surface area contributed by atoms with Crippen LogP contribution in [0.3, 0.4) is 0 Å². The highest BCUT2D eigenvalue weighted by Gasteiger charge is 2.14. The van der Waals surface area contributed by atoms with Gasteiger partial charge >= 0.3 is 0 Å². The minimum absolute atomic E-state index is 0.0151. The predicted octanol–water partition coefficient (Wildman–Crippen LogP) is 1.27. The largest absolute Gasteiger partial charge is 0.507 e. The number of amides is 1. The predicted molar refractivity (Wildman–Crippen MR) is 69.5 cm³/mol. The molecule has 100 valence electrons. The number of benzene rings is 1. The second-order valence-corrected chi connectivity index (χ2v) is 4.09. The fraction of sp³-hybridized carbons (Fsp3) is 0.462. The SMILES string of the molecule is CCNC(=O)CCNC(C)c1c(O)cccc1O. The summed E-state index contributed by atoms with van der Waals surface area (Å²) in [5, 5.41) is 25.1. The van der Waals surface area contributed by atoms with Gasteiger partial charge in [-0.3, -0.25) is 4.79 Å². The molecule has 1 atom stereocenters. The number of carbonyl (C=O) groups excluding carboxylic acids is 1. The van der Waals surface area contributed by atoms with Crippen molar-refractivity contribution in [1.82, 2.24) is 10.6 Å². The van der Waals surface area contributed by atoms with E-state index in [0.29, 0.717) is 25.1 Å². The molecular weight excluding hydrogens is 232 g/mol. The van der Waals surface area contributed by atoms with Crippen molar-refractivity contribution in [2.45, 2.75) is 26.3 Å². The molecule has 0 heterocycles. The van der Waals surface area contributed by atoms with Crippen LogP contribution in [0.1, 0.15) is 31.9 Å². The topological polar surface area (TPSA) is 81.6 Å². The van der Waals surface area contributed by atoms with E-state index in [4.69, 9.17) is 0 Å². The lowest BCUT2D eigenvalue weighted by atomic mass is 10.1. The molecule has 1 aromatic carbocycles. The second-order valence-electron chi connectivity index (χ2n) is 4.09. The molecule has 1 amide bonds. The van der Waals surface area contributed by atoms with E-state index in [1.165, 1.54) is 12.1 Å². The summed E-state index contributed by atoms with van der Waals surface area (Å²) >= 11 is 0. The van der Waals surface area contributed by atoms with Gasteiger partial charge in [0.2, 0.25) is 5.91 Å². The molecule has 0 aromatic heterocycles. The number of phenolic OH excluding ortho intramolecular Hbond substituents is 2. The zero-order chi connectivity index (χ0) is 13.5. The minimum Gasteiger partial charge on any atom is -0.507 e. The Morgan fingerprint density at radius 2 is 1.94 bits per heavy atom. The van der Waals surface area contributed by atoms with Gasteiger partial charge in [-0.25, -0.2) is 0 Å². The average Bonchev–Trinajstić information content (AvgIpc) is 2.29. The van der Waals surface area contributed by atoms with E-state index in [1.54, 1.807) is 6.07 Å². The van der Waals surface area contributed by atoms with Gasteiger partial charge in [0.1, 0.15) is 11.5 Å². The maximum atomic E-state index is 11.2. The fourth-order valence-electron chi connectivity index (χ4n) is 1.77. The Morgan fingerprint density at radius 1 is 1.33 bits per heavy atom. The van der Waals surface area contributed by atoms with Crippen LogP contribution in [-0.2, 0) is 4.79 Å². The second kappa shape index (κ2) is 6.86. The molecule has 18 heavy (non-hydrogen) atoms. The molecule has 0 saturated heterocycles. The first-order valence-corrected chi connectivity index (χ1v) is 6.07. The standard InChI is InChI=1S/C13H20N2O3/c1-3-14-12(18)7-8-15-9(2)13-10(16)5-4-6-11(13)17/h4-6,9,15-17H,3,7-8H2,1-2H3,(H,14,18). The number of hydrogen-bond acceptors (Lipinski definition) is 4. The highest BCUT2D eigenvalue weighted by atomic mass is 16.3. The summed E-state index contributed by atoms with van der Waals surface area (Å²) < 4.78 is 0. The summed E-state index contributed by atoms with van der Waals surface area (Å²) in [6.45, 7) is 4.80. The Kier molecular flexibility index (Phi) is 5.45. The molecule has 0 radical (unpaired) electrons. The van der Waals surface area contributed by atoms with Gasteiger partial charge in [-0.2, -0.15) is 0 Å². The van der Waals surface area contributed by atoms with Gasteiger partial charge in [0.25, 0.3) is 0 Å². The van der Waals surface area contributed by atoms with Gasteiger partial charge in [-0.05, 0) is 26.0 Å². The third-order valence-corrected chi connectivity index (χ3v) is 2.67. The number of phenols is 2. The van der Waals surface area contributed by atoms with Gasteiger partial charge < -0.3 is 20.8 Å². The van der Waals surface area contributed by atoms with Crippen molar-refractivity contribution >= 4 is 5.91 Å². The summed E-state index contributed by atoms with van der Waals surface area (Å²) in [5.74, 6) is 0.0831.